The maximum atomic E-state index is 2.28. The standard InChI is InChI=1S/C14H23N/c1-10(2)9-15(6)14-12(4)7-11(3)8-13(14)5/h7-8,10H,9H2,1-6H3/p+1. The molecule has 1 aromatic carbocycles. The molecule has 0 saturated carbocycles. The van der Waals surface area contributed by atoms with Gasteiger partial charge in [-0.15, -0.1) is 0 Å². The maximum absolute atomic E-state index is 2.28. The molecular weight excluding hydrogens is 182 g/mol. The summed E-state index contributed by atoms with van der Waals surface area (Å²) in [5, 5.41) is 0. The van der Waals surface area contributed by atoms with Crippen molar-refractivity contribution in [1.29, 1.82) is 0 Å². The summed E-state index contributed by atoms with van der Waals surface area (Å²) < 4.78 is 0. The molecular formula is C14H24N+. The summed E-state index contributed by atoms with van der Waals surface area (Å²) in [4.78, 5) is 1.53. The average molecular weight is 206 g/mol. The first-order chi connectivity index (χ1) is 6.91. The SMILES string of the molecule is Cc1cc(C)c([NH+](C)CC(C)C)c(C)c1. The molecule has 1 aromatic rings. The Morgan fingerprint density at radius 3 is 1.93 bits per heavy atom. The minimum absolute atomic E-state index is 0.741. The maximum Gasteiger partial charge on any atom is 0.136 e. The Kier molecular flexibility index (Phi) is 3.92. The van der Waals surface area contributed by atoms with E-state index in [1.54, 1.807) is 0 Å². The van der Waals surface area contributed by atoms with E-state index < -0.39 is 0 Å². The van der Waals surface area contributed by atoms with Crippen LogP contribution in [-0.4, -0.2) is 13.6 Å². The lowest BCUT2D eigenvalue weighted by atomic mass is 10.0. The summed E-state index contributed by atoms with van der Waals surface area (Å²) in [5.41, 5.74) is 5.69. The van der Waals surface area contributed by atoms with Crippen LogP contribution < -0.4 is 4.90 Å². The quantitative estimate of drug-likeness (QED) is 0.774. The van der Waals surface area contributed by atoms with Crippen molar-refractivity contribution in [3.63, 3.8) is 0 Å². The van der Waals surface area contributed by atoms with E-state index in [1.165, 1.54) is 33.8 Å². The highest BCUT2D eigenvalue weighted by atomic mass is 15.1. The summed E-state index contributed by atoms with van der Waals surface area (Å²) in [5.74, 6) is 0.741. The third kappa shape index (κ3) is 3.07. The molecule has 1 N–H and O–H groups in total. The zero-order chi connectivity index (χ0) is 11.6. The van der Waals surface area contributed by atoms with Crippen LogP contribution in [-0.2, 0) is 0 Å². The molecule has 0 heterocycles. The van der Waals surface area contributed by atoms with Crippen molar-refractivity contribution in [3.05, 3.63) is 28.8 Å². The van der Waals surface area contributed by atoms with Crippen LogP contribution in [0.4, 0.5) is 5.69 Å². The van der Waals surface area contributed by atoms with Crippen molar-refractivity contribution < 1.29 is 4.90 Å². The van der Waals surface area contributed by atoms with E-state index in [9.17, 15) is 0 Å². The van der Waals surface area contributed by atoms with Crippen LogP contribution in [0, 0.1) is 26.7 Å². The fraction of sp³-hybridized carbons (Fsp3) is 0.571. The van der Waals surface area contributed by atoms with E-state index >= 15 is 0 Å². The molecule has 0 saturated heterocycles. The Hall–Kier alpha value is -0.820. The number of benzene rings is 1. The molecule has 0 aliphatic carbocycles. The molecule has 0 spiro atoms. The Balaban J connectivity index is 3.03. The Bertz CT molecular complexity index is 316. The fourth-order valence-electron chi connectivity index (χ4n) is 2.57. The predicted octanol–water partition coefficient (Wildman–Crippen LogP) is 2.41. The van der Waals surface area contributed by atoms with Crippen molar-refractivity contribution >= 4 is 5.69 Å². The molecule has 0 aromatic heterocycles. The lowest BCUT2D eigenvalue weighted by Gasteiger charge is -2.20. The molecule has 0 aliphatic rings. The normalized spacial score (nSPS) is 13.3. The third-order valence-electron chi connectivity index (χ3n) is 2.82. The topological polar surface area (TPSA) is 4.44 Å². The molecule has 0 amide bonds. The van der Waals surface area contributed by atoms with Crippen LogP contribution in [0.2, 0.25) is 0 Å². The number of aryl methyl sites for hydroxylation is 3. The predicted molar refractivity (Wildman–Crippen MR) is 66.9 cm³/mol. The van der Waals surface area contributed by atoms with Gasteiger partial charge >= 0.3 is 0 Å². The number of hydrogen-bond acceptors (Lipinski definition) is 0. The highest BCUT2D eigenvalue weighted by Gasteiger charge is 2.14. The molecule has 1 unspecified atom stereocenters. The Morgan fingerprint density at radius 1 is 1.07 bits per heavy atom. The van der Waals surface area contributed by atoms with Crippen molar-refractivity contribution in [2.24, 2.45) is 5.92 Å². The molecule has 84 valence electrons. The minimum Gasteiger partial charge on any atom is -0.304 e. The van der Waals surface area contributed by atoms with Gasteiger partial charge in [0.2, 0.25) is 0 Å². The van der Waals surface area contributed by atoms with E-state index in [4.69, 9.17) is 0 Å². The first-order valence-corrected chi connectivity index (χ1v) is 5.82. The van der Waals surface area contributed by atoms with Crippen LogP contribution in [0.1, 0.15) is 30.5 Å². The van der Waals surface area contributed by atoms with Gasteiger partial charge in [-0.05, 0) is 20.8 Å². The second kappa shape index (κ2) is 4.80. The van der Waals surface area contributed by atoms with Gasteiger partial charge in [-0.3, -0.25) is 0 Å². The van der Waals surface area contributed by atoms with Gasteiger partial charge in [0.25, 0.3) is 0 Å². The lowest BCUT2D eigenvalue weighted by molar-refractivity contribution is -0.814. The van der Waals surface area contributed by atoms with Gasteiger partial charge < -0.3 is 4.90 Å². The molecule has 0 bridgehead atoms. The van der Waals surface area contributed by atoms with Crippen molar-refractivity contribution in [2.75, 3.05) is 13.6 Å². The molecule has 0 radical (unpaired) electrons. The highest BCUT2D eigenvalue weighted by molar-refractivity contribution is 5.48. The largest absolute Gasteiger partial charge is 0.304 e. The van der Waals surface area contributed by atoms with E-state index in [-0.39, 0.29) is 0 Å². The van der Waals surface area contributed by atoms with E-state index in [2.05, 4.69) is 53.8 Å². The monoisotopic (exact) mass is 206 g/mol. The molecule has 0 aliphatic heterocycles. The Morgan fingerprint density at radius 2 is 1.53 bits per heavy atom. The summed E-state index contributed by atoms with van der Waals surface area (Å²) in [6.07, 6.45) is 0. The van der Waals surface area contributed by atoms with Gasteiger partial charge in [0, 0.05) is 17.0 Å². The number of hydrogen-bond donors (Lipinski definition) is 1. The van der Waals surface area contributed by atoms with Crippen molar-refractivity contribution in [1.82, 2.24) is 0 Å². The van der Waals surface area contributed by atoms with Gasteiger partial charge in [-0.25, -0.2) is 0 Å². The lowest BCUT2D eigenvalue weighted by Crippen LogP contribution is -3.05. The number of quaternary nitrogens is 1. The van der Waals surface area contributed by atoms with Gasteiger partial charge in [0.15, 0.2) is 0 Å². The van der Waals surface area contributed by atoms with Crippen LogP contribution in [0.5, 0.6) is 0 Å². The molecule has 0 fully saturated rings. The van der Waals surface area contributed by atoms with E-state index in [0.717, 1.165) is 5.92 Å². The van der Waals surface area contributed by atoms with Gasteiger partial charge in [0.1, 0.15) is 5.69 Å². The van der Waals surface area contributed by atoms with E-state index in [1.807, 2.05) is 0 Å². The van der Waals surface area contributed by atoms with E-state index in [0.29, 0.717) is 0 Å². The van der Waals surface area contributed by atoms with Crippen molar-refractivity contribution in [3.8, 4) is 0 Å². The smallest absolute Gasteiger partial charge is 0.136 e. The summed E-state index contributed by atoms with van der Waals surface area (Å²) in [7, 11) is 2.27. The molecule has 1 heteroatoms. The second-order valence-corrected chi connectivity index (χ2v) is 5.15. The molecule has 1 rings (SSSR count). The van der Waals surface area contributed by atoms with Gasteiger partial charge in [-0.2, -0.15) is 0 Å². The second-order valence-electron chi connectivity index (χ2n) is 5.15. The summed E-state index contributed by atoms with van der Waals surface area (Å²) in [6.45, 7) is 12.4. The molecule has 1 nitrogen and oxygen atoms in total. The van der Waals surface area contributed by atoms with Crippen LogP contribution in [0.25, 0.3) is 0 Å². The summed E-state index contributed by atoms with van der Waals surface area (Å²) in [6, 6.07) is 4.57. The van der Waals surface area contributed by atoms with Crippen molar-refractivity contribution in [2.45, 2.75) is 34.6 Å². The zero-order valence-corrected chi connectivity index (χ0v) is 10.9. The minimum atomic E-state index is 0.741. The zero-order valence-electron chi connectivity index (χ0n) is 10.9. The van der Waals surface area contributed by atoms with Crippen LogP contribution in [0.15, 0.2) is 12.1 Å². The van der Waals surface area contributed by atoms with Gasteiger partial charge in [0.05, 0.1) is 13.6 Å². The highest BCUT2D eigenvalue weighted by Crippen LogP contribution is 2.17. The van der Waals surface area contributed by atoms with Crippen LogP contribution in [0.3, 0.4) is 0 Å². The first kappa shape index (κ1) is 12.3. The molecule has 15 heavy (non-hydrogen) atoms. The third-order valence-corrected chi connectivity index (χ3v) is 2.82. The van der Waals surface area contributed by atoms with Crippen LogP contribution >= 0.6 is 0 Å². The molecule has 1 atom stereocenters. The Labute approximate surface area is 94.1 Å². The fourth-order valence-corrected chi connectivity index (χ4v) is 2.57. The number of nitrogens with one attached hydrogen (secondary N) is 1. The van der Waals surface area contributed by atoms with Gasteiger partial charge in [-0.1, -0.05) is 31.5 Å². The average Bonchev–Trinajstić information content (AvgIpc) is 1.99. The number of rotatable bonds is 3. The first-order valence-electron chi connectivity index (χ1n) is 5.82. The summed E-state index contributed by atoms with van der Waals surface area (Å²) >= 11 is 0.